The van der Waals surface area contributed by atoms with Gasteiger partial charge in [0.25, 0.3) is 0 Å². The van der Waals surface area contributed by atoms with Crippen LogP contribution in [0.3, 0.4) is 0 Å². The van der Waals surface area contributed by atoms with E-state index in [0.29, 0.717) is 10.2 Å². The quantitative estimate of drug-likeness (QED) is 0.536. The Morgan fingerprint density at radius 3 is 2.73 bits per heavy atom. The van der Waals surface area contributed by atoms with Crippen molar-refractivity contribution >= 4 is 34.3 Å². The van der Waals surface area contributed by atoms with Crippen LogP contribution in [0.25, 0.3) is 11.3 Å². The van der Waals surface area contributed by atoms with E-state index < -0.39 is 5.82 Å². The fourth-order valence-electron chi connectivity index (χ4n) is 1.85. The zero-order valence-electron chi connectivity index (χ0n) is 11.3. The van der Waals surface area contributed by atoms with Crippen LogP contribution in [-0.2, 0) is 0 Å². The van der Waals surface area contributed by atoms with Gasteiger partial charge in [-0.15, -0.1) is 11.3 Å². The maximum Gasteiger partial charge on any atom is 0.203 e. The normalized spacial score (nSPS) is 11.0. The van der Waals surface area contributed by atoms with Crippen LogP contribution in [0, 0.1) is 5.82 Å². The Morgan fingerprint density at radius 1 is 1.14 bits per heavy atom. The summed E-state index contributed by atoms with van der Waals surface area (Å²) in [4.78, 5) is 4.42. The lowest BCUT2D eigenvalue weighted by molar-refractivity contribution is 0.626. The molecule has 1 heterocycles. The summed E-state index contributed by atoms with van der Waals surface area (Å²) in [7, 11) is 0. The molecule has 0 saturated carbocycles. The number of anilines is 1. The molecule has 3 aromatic rings. The Hall–Kier alpha value is -2.24. The van der Waals surface area contributed by atoms with E-state index in [2.05, 4.69) is 15.5 Å². The van der Waals surface area contributed by atoms with Crippen LogP contribution in [-0.4, -0.2) is 11.2 Å². The molecule has 22 heavy (non-hydrogen) atoms. The summed E-state index contributed by atoms with van der Waals surface area (Å²) in [5.74, 6) is -0.415. The SMILES string of the molecule is Fc1cccc(Cl)c1C=NNc1nc(-c2ccccc2)cs1. The number of aromatic nitrogens is 1. The molecule has 0 aliphatic rings. The number of nitrogens with one attached hydrogen (secondary N) is 1. The first kappa shape index (κ1) is 14.7. The summed E-state index contributed by atoms with van der Waals surface area (Å²) in [5.41, 5.74) is 4.94. The highest BCUT2D eigenvalue weighted by Gasteiger charge is 2.05. The Labute approximate surface area is 136 Å². The van der Waals surface area contributed by atoms with E-state index in [-0.39, 0.29) is 5.56 Å². The average molecular weight is 332 g/mol. The second-order valence-electron chi connectivity index (χ2n) is 4.41. The minimum Gasteiger partial charge on any atom is -0.253 e. The molecule has 6 heteroatoms. The molecule has 3 nitrogen and oxygen atoms in total. The Bertz CT molecular complexity index is 782. The van der Waals surface area contributed by atoms with Crippen LogP contribution in [0.4, 0.5) is 9.52 Å². The van der Waals surface area contributed by atoms with E-state index in [1.165, 1.54) is 23.6 Å². The molecule has 0 saturated heterocycles. The van der Waals surface area contributed by atoms with E-state index in [4.69, 9.17) is 11.6 Å². The van der Waals surface area contributed by atoms with Crippen molar-refractivity contribution in [2.75, 3.05) is 5.43 Å². The number of hydrogen-bond acceptors (Lipinski definition) is 4. The van der Waals surface area contributed by atoms with E-state index in [1.54, 1.807) is 12.1 Å². The molecule has 0 fully saturated rings. The van der Waals surface area contributed by atoms with Crippen molar-refractivity contribution in [2.45, 2.75) is 0 Å². The fraction of sp³-hybridized carbons (Fsp3) is 0. The van der Waals surface area contributed by atoms with Crippen molar-refractivity contribution in [3.8, 4) is 11.3 Å². The standard InChI is InChI=1S/C16H11ClFN3S/c17-13-7-4-8-14(18)12(13)9-19-21-16-20-15(10-22-16)11-5-2-1-3-6-11/h1-10H,(H,20,21). The molecule has 0 aliphatic carbocycles. The zero-order valence-corrected chi connectivity index (χ0v) is 12.9. The van der Waals surface area contributed by atoms with E-state index in [9.17, 15) is 4.39 Å². The topological polar surface area (TPSA) is 37.3 Å². The average Bonchev–Trinajstić information content (AvgIpc) is 3.00. The first-order valence-corrected chi connectivity index (χ1v) is 7.74. The molecular formula is C16H11ClFN3S. The Kier molecular flexibility index (Phi) is 4.46. The van der Waals surface area contributed by atoms with Gasteiger partial charge in [-0.25, -0.2) is 9.37 Å². The van der Waals surface area contributed by atoms with E-state index >= 15 is 0 Å². The molecular weight excluding hydrogens is 321 g/mol. The maximum absolute atomic E-state index is 13.6. The molecule has 1 N–H and O–H groups in total. The lowest BCUT2D eigenvalue weighted by Crippen LogP contribution is -1.93. The summed E-state index contributed by atoms with van der Waals surface area (Å²) in [6.45, 7) is 0. The van der Waals surface area contributed by atoms with Crippen molar-refractivity contribution in [3.63, 3.8) is 0 Å². The number of rotatable bonds is 4. The minimum absolute atomic E-state index is 0.247. The Balaban J connectivity index is 1.72. The first-order valence-electron chi connectivity index (χ1n) is 6.48. The molecule has 0 bridgehead atoms. The number of thiazole rings is 1. The molecule has 2 aromatic carbocycles. The van der Waals surface area contributed by atoms with Crippen LogP contribution in [0.5, 0.6) is 0 Å². The summed E-state index contributed by atoms with van der Waals surface area (Å²) >= 11 is 7.35. The van der Waals surface area contributed by atoms with Crippen molar-refractivity contribution in [1.29, 1.82) is 0 Å². The van der Waals surface area contributed by atoms with Gasteiger partial charge in [-0.3, -0.25) is 5.43 Å². The van der Waals surface area contributed by atoms with Gasteiger partial charge in [0, 0.05) is 16.5 Å². The van der Waals surface area contributed by atoms with Gasteiger partial charge in [0.1, 0.15) is 5.82 Å². The van der Waals surface area contributed by atoms with Gasteiger partial charge in [0.05, 0.1) is 16.9 Å². The second-order valence-corrected chi connectivity index (χ2v) is 5.67. The third kappa shape index (κ3) is 3.32. The van der Waals surface area contributed by atoms with E-state index in [0.717, 1.165) is 11.3 Å². The van der Waals surface area contributed by atoms with Crippen molar-refractivity contribution in [1.82, 2.24) is 4.98 Å². The van der Waals surface area contributed by atoms with Crippen LogP contribution >= 0.6 is 22.9 Å². The Morgan fingerprint density at radius 2 is 1.95 bits per heavy atom. The second kappa shape index (κ2) is 6.68. The smallest absolute Gasteiger partial charge is 0.203 e. The van der Waals surface area contributed by atoms with Crippen LogP contribution in [0.15, 0.2) is 59.0 Å². The number of benzene rings is 2. The van der Waals surface area contributed by atoms with Gasteiger partial charge < -0.3 is 0 Å². The van der Waals surface area contributed by atoms with Gasteiger partial charge >= 0.3 is 0 Å². The number of hydrogen-bond donors (Lipinski definition) is 1. The summed E-state index contributed by atoms with van der Waals surface area (Å²) in [6.07, 6.45) is 1.35. The predicted molar refractivity (Wildman–Crippen MR) is 90.2 cm³/mol. The van der Waals surface area contributed by atoms with Crippen LogP contribution in [0.1, 0.15) is 5.56 Å². The van der Waals surface area contributed by atoms with Gasteiger partial charge in [-0.2, -0.15) is 5.10 Å². The lowest BCUT2D eigenvalue weighted by Gasteiger charge is -1.99. The highest BCUT2D eigenvalue weighted by Crippen LogP contribution is 2.24. The van der Waals surface area contributed by atoms with Crippen molar-refractivity contribution < 1.29 is 4.39 Å². The van der Waals surface area contributed by atoms with E-state index in [1.807, 2.05) is 35.7 Å². The van der Waals surface area contributed by atoms with Gasteiger partial charge in [-0.1, -0.05) is 48.0 Å². The number of hydrazone groups is 1. The van der Waals surface area contributed by atoms with Crippen molar-refractivity contribution in [2.24, 2.45) is 5.10 Å². The zero-order chi connectivity index (χ0) is 15.4. The third-order valence-corrected chi connectivity index (χ3v) is 4.00. The van der Waals surface area contributed by atoms with Gasteiger partial charge in [0.2, 0.25) is 5.13 Å². The molecule has 0 radical (unpaired) electrons. The summed E-state index contributed by atoms with van der Waals surface area (Å²) in [5, 5.41) is 6.86. The summed E-state index contributed by atoms with van der Waals surface area (Å²) in [6, 6.07) is 14.3. The number of nitrogens with zero attached hydrogens (tertiary/aromatic N) is 2. The van der Waals surface area contributed by atoms with Crippen molar-refractivity contribution in [3.05, 3.63) is 70.3 Å². The highest BCUT2D eigenvalue weighted by molar-refractivity contribution is 7.14. The molecule has 0 aliphatic heterocycles. The molecule has 0 unspecified atom stereocenters. The van der Waals surface area contributed by atoms with Gasteiger partial charge in [-0.05, 0) is 12.1 Å². The first-order chi connectivity index (χ1) is 10.7. The maximum atomic E-state index is 13.6. The largest absolute Gasteiger partial charge is 0.253 e. The molecule has 110 valence electrons. The molecule has 0 spiro atoms. The molecule has 3 rings (SSSR count). The molecule has 0 atom stereocenters. The fourth-order valence-corrected chi connectivity index (χ4v) is 2.73. The van der Waals surface area contributed by atoms with Crippen LogP contribution < -0.4 is 5.43 Å². The molecule has 0 amide bonds. The lowest BCUT2D eigenvalue weighted by atomic mass is 10.2. The summed E-state index contributed by atoms with van der Waals surface area (Å²) < 4.78 is 13.6. The predicted octanol–water partition coefficient (Wildman–Crippen LogP) is 5.05. The minimum atomic E-state index is -0.415. The monoisotopic (exact) mass is 331 g/mol. The highest BCUT2D eigenvalue weighted by atomic mass is 35.5. The van der Waals surface area contributed by atoms with Crippen LogP contribution in [0.2, 0.25) is 5.02 Å². The van der Waals surface area contributed by atoms with Gasteiger partial charge in [0.15, 0.2) is 0 Å². The number of halogens is 2. The molecule has 1 aromatic heterocycles. The third-order valence-electron chi connectivity index (χ3n) is 2.93.